The zero-order valence-corrected chi connectivity index (χ0v) is 14.3. The second-order valence-electron chi connectivity index (χ2n) is 4.11. The van der Waals surface area contributed by atoms with Crippen LogP contribution in [0.1, 0.15) is 34.6 Å². The molecule has 7 heteroatoms. The summed E-state index contributed by atoms with van der Waals surface area (Å²) in [6, 6.07) is 4.93. The van der Waals surface area contributed by atoms with Gasteiger partial charge in [-0.2, -0.15) is 0 Å². The van der Waals surface area contributed by atoms with Crippen molar-refractivity contribution >= 4 is 27.9 Å². The molecule has 0 aliphatic rings. The van der Waals surface area contributed by atoms with Crippen LogP contribution in [-0.4, -0.2) is 39.1 Å². The predicted molar refractivity (Wildman–Crippen MR) is 83.2 cm³/mol. The number of ether oxygens (including phenoxy) is 4. The van der Waals surface area contributed by atoms with Gasteiger partial charge in [0.15, 0.2) is 6.79 Å². The smallest absolute Gasteiger partial charge is 0.342 e. The first-order chi connectivity index (χ1) is 10.6. The molecule has 0 aliphatic heterocycles. The van der Waals surface area contributed by atoms with Gasteiger partial charge < -0.3 is 18.9 Å². The SMILES string of the molecule is CCOC(=O)c1c(OCOC)cccc1C(Br)C(=O)OCC. The molecule has 0 amide bonds. The third-order valence-electron chi connectivity index (χ3n) is 2.64. The average molecular weight is 375 g/mol. The summed E-state index contributed by atoms with van der Waals surface area (Å²) in [7, 11) is 1.47. The van der Waals surface area contributed by atoms with Gasteiger partial charge in [-0.25, -0.2) is 4.79 Å². The number of rotatable bonds is 8. The number of benzene rings is 1. The predicted octanol–water partition coefficient (Wildman–Crippen LogP) is 2.85. The van der Waals surface area contributed by atoms with Crippen LogP contribution in [0, 0.1) is 0 Å². The van der Waals surface area contributed by atoms with E-state index in [1.807, 2.05) is 0 Å². The summed E-state index contributed by atoms with van der Waals surface area (Å²) in [4.78, 5) is 23.3. The third kappa shape index (κ3) is 4.71. The molecule has 1 rings (SSSR count). The molecule has 122 valence electrons. The van der Waals surface area contributed by atoms with E-state index >= 15 is 0 Å². The zero-order chi connectivity index (χ0) is 16.5. The summed E-state index contributed by atoms with van der Waals surface area (Å²) in [6.07, 6.45) is 0. The van der Waals surface area contributed by atoms with Crippen LogP contribution in [0.2, 0.25) is 0 Å². The van der Waals surface area contributed by atoms with Crippen LogP contribution >= 0.6 is 15.9 Å². The molecule has 0 saturated heterocycles. The molecule has 0 bridgehead atoms. The van der Waals surface area contributed by atoms with Gasteiger partial charge in [-0.3, -0.25) is 4.79 Å². The maximum Gasteiger partial charge on any atom is 0.342 e. The average Bonchev–Trinajstić information content (AvgIpc) is 2.52. The van der Waals surface area contributed by atoms with Gasteiger partial charge in [0.25, 0.3) is 0 Å². The fraction of sp³-hybridized carbons (Fsp3) is 0.467. The molecule has 0 N–H and O–H groups in total. The molecule has 0 aliphatic carbocycles. The lowest BCUT2D eigenvalue weighted by molar-refractivity contribution is -0.142. The Morgan fingerprint density at radius 1 is 1.18 bits per heavy atom. The van der Waals surface area contributed by atoms with Gasteiger partial charge in [0.05, 0.1) is 13.2 Å². The van der Waals surface area contributed by atoms with Gasteiger partial charge in [0, 0.05) is 7.11 Å². The largest absolute Gasteiger partial charge is 0.467 e. The van der Waals surface area contributed by atoms with E-state index < -0.39 is 16.8 Å². The van der Waals surface area contributed by atoms with Crippen LogP contribution in [0.15, 0.2) is 18.2 Å². The van der Waals surface area contributed by atoms with E-state index in [-0.39, 0.29) is 31.3 Å². The molecule has 1 atom stereocenters. The highest BCUT2D eigenvalue weighted by atomic mass is 79.9. The molecule has 1 aromatic rings. The van der Waals surface area contributed by atoms with Crippen molar-refractivity contribution < 1.29 is 28.5 Å². The standard InChI is InChI=1S/C15H19BrO6/c1-4-20-14(17)12-10(13(16)15(18)21-5-2)7-6-8-11(12)22-9-19-3/h6-8,13H,4-5,9H2,1-3H3. The second kappa shape index (κ2) is 9.42. The number of carbonyl (C=O) groups excluding carboxylic acids is 2. The van der Waals surface area contributed by atoms with Gasteiger partial charge in [-0.15, -0.1) is 0 Å². The zero-order valence-electron chi connectivity index (χ0n) is 12.8. The molecule has 0 spiro atoms. The minimum absolute atomic E-state index is 0.0256. The molecule has 0 aromatic heterocycles. The van der Waals surface area contributed by atoms with Gasteiger partial charge in [-0.05, 0) is 25.5 Å². The van der Waals surface area contributed by atoms with Crippen molar-refractivity contribution in [1.29, 1.82) is 0 Å². The summed E-state index contributed by atoms with van der Waals surface area (Å²) >= 11 is 3.26. The summed E-state index contributed by atoms with van der Waals surface area (Å²) in [5.41, 5.74) is 0.599. The summed E-state index contributed by atoms with van der Waals surface area (Å²) in [6.45, 7) is 3.84. The number of alkyl halides is 1. The first-order valence-electron chi connectivity index (χ1n) is 6.79. The van der Waals surface area contributed by atoms with Crippen molar-refractivity contribution in [3.05, 3.63) is 29.3 Å². The summed E-state index contributed by atoms with van der Waals surface area (Å²) in [5.74, 6) is -0.776. The lowest BCUT2D eigenvalue weighted by atomic mass is 10.0. The van der Waals surface area contributed by atoms with E-state index in [0.29, 0.717) is 5.56 Å². The molecular weight excluding hydrogens is 356 g/mol. The minimum Gasteiger partial charge on any atom is -0.467 e. The molecule has 0 heterocycles. The van der Waals surface area contributed by atoms with Gasteiger partial charge in [0.1, 0.15) is 16.1 Å². The Hall–Kier alpha value is -1.60. The first-order valence-corrected chi connectivity index (χ1v) is 7.70. The Kier molecular flexibility index (Phi) is 7.90. The molecule has 6 nitrogen and oxygen atoms in total. The monoisotopic (exact) mass is 374 g/mol. The number of halogens is 1. The molecule has 22 heavy (non-hydrogen) atoms. The Morgan fingerprint density at radius 2 is 1.86 bits per heavy atom. The first kappa shape index (κ1) is 18.4. The quantitative estimate of drug-likeness (QED) is 0.395. The normalized spacial score (nSPS) is 11.6. The van der Waals surface area contributed by atoms with E-state index in [1.54, 1.807) is 32.0 Å². The van der Waals surface area contributed by atoms with E-state index in [1.165, 1.54) is 7.11 Å². The molecule has 0 radical (unpaired) electrons. The maximum absolute atomic E-state index is 12.2. The molecule has 0 fully saturated rings. The van der Waals surface area contributed by atoms with E-state index in [4.69, 9.17) is 18.9 Å². The highest BCUT2D eigenvalue weighted by Crippen LogP contribution is 2.33. The Labute approximate surface area is 137 Å². The van der Waals surface area contributed by atoms with Gasteiger partial charge >= 0.3 is 11.9 Å². The van der Waals surface area contributed by atoms with Crippen LogP contribution < -0.4 is 4.74 Å². The Bertz CT molecular complexity index is 517. The van der Waals surface area contributed by atoms with Gasteiger partial charge in [-0.1, -0.05) is 28.1 Å². The number of hydrogen-bond acceptors (Lipinski definition) is 6. The van der Waals surface area contributed by atoms with Crippen molar-refractivity contribution in [2.24, 2.45) is 0 Å². The lowest BCUT2D eigenvalue weighted by Gasteiger charge is -2.17. The second-order valence-corrected chi connectivity index (χ2v) is 5.02. The minimum atomic E-state index is -0.794. The van der Waals surface area contributed by atoms with Crippen molar-refractivity contribution in [1.82, 2.24) is 0 Å². The summed E-state index contributed by atoms with van der Waals surface area (Å²) in [5, 5.41) is 0. The maximum atomic E-state index is 12.2. The third-order valence-corrected chi connectivity index (χ3v) is 3.50. The fourth-order valence-electron chi connectivity index (χ4n) is 1.77. The van der Waals surface area contributed by atoms with Crippen molar-refractivity contribution in [2.45, 2.75) is 18.7 Å². The number of methoxy groups -OCH3 is 1. The van der Waals surface area contributed by atoms with E-state index in [2.05, 4.69) is 15.9 Å². The van der Waals surface area contributed by atoms with E-state index in [0.717, 1.165) is 0 Å². The summed E-state index contributed by atoms with van der Waals surface area (Å²) < 4.78 is 20.3. The van der Waals surface area contributed by atoms with Crippen LogP contribution in [0.4, 0.5) is 0 Å². The molecule has 0 saturated carbocycles. The number of hydrogen-bond donors (Lipinski definition) is 0. The van der Waals surface area contributed by atoms with Crippen LogP contribution in [0.25, 0.3) is 0 Å². The van der Waals surface area contributed by atoms with Crippen LogP contribution in [0.5, 0.6) is 5.75 Å². The highest BCUT2D eigenvalue weighted by molar-refractivity contribution is 9.09. The van der Waals surface area contributed by atoms with E-state index in [9.17, 15) is 9.59 Å². The Morgan fingerprint density at radius 3 is 2.45 bits per heavy atom. The topological polar surface area (TPSA) is 71.1 Å². The van der Waals surface area contributed by atoms with Crippen molar-refractivity contribution in [3.8, 4) is 5.75 Å². The number of esters is 2. The molecule has 1 aromatic carbocycles. The fourth-order valence-corrected chi connectivity index (χ4v) is 2.28. The number of carbonyl (C=O) groups is 2. The Balaban J connectivity index is 3.24. The lowest BCUT2D eigenvalue weighted by Crippen LogP contribution is -2.17. The van der Waals surface area contributed by atoms with Gasteiger partial charge in [0.2, 0.25) is 0 Å². The van der Waals surface area contributed by atoms with Crippen molar-refractivity contribution in [2.75, 3.05) is 27.1 Å². The highest BCUT2D eigenvalue weighted by Gasteiger charge is 2.27. The van der Waals surface area contributed by atoms with Crippen LogP contribution in [-0.2, 0) is 19.0 Å². The van der Waals surface area contributed by atoms with Crippen molar-refractivity contribution in [3.63, 3.8) is 0 Å². The van der Waals surface area contributed by atoms with Crippen LogP contribution in [0.3, 0.4) is 0 Å². The molecule has 1 unspecified atom stereocenters. The molecular formula is C15H19BrO6.